The summed E-state index contributed by atoms with van der Waals surface area (Å²) in [5.74, 6) is 0. The molecule has 1 saturated heterocycles. The number of nitrogens with zero attached hydrogens (tertiary/aromatic N) is 6. The standard InChI is InChI=1S/C14H22N6O/c1-13-9-16-19(10-13)8-7-18-5-2-3-14(21,11-18)12-20-6-4-15-17-20/h4,6,9-10,21H,2-3,5,7-8,11-12H2,1H3. The van der Waals surface area contributed by atoms with E-state index >= 15 is 0 Å². The minimum atomic E-state index is -0.716. The fourth-order valence-corrected chi connectivity index (χ4v) is 2.98. The second-order valence-electron chi connectivity index (χ2n) is 5.99. The first-order chi connectivity index (χ1) is 10.1. The minimum Gasteiger partial charge on any atom is -0.387 e. The molecule has 0 aromatic carbocycles. The van der Waals surface area contributed by atoms with Crippen LogP contribution in [0.3, 0.4) is 0 Å². The zero-order valence-corrected chi connectivity index (χ0v) is 12.4. The van der Waals surface area contributed by atoms with Crippen LogP contribution in [-0.2, 0) is 13.1 Å². The van der Waals surface area contributed by atoms with Crippen LogP contribution in [0, 0.1) is 6.92 Å². The predicted molar refractivity (Wildman–Crippen MR) is 77.6 cm³/mol. The van der Waals surface area contributed by atoms with E-state index in [1.54, 1.807) is 17.1 Å². The molecule has 0 bridgehead atoms. The summed E-state index contributed by atoms with van der Waals surface area (Å²) >= 11 is 0. The van der Waals surface area contributed by atoms with Gasteiger partial charge in [0.15, 0.2) is 0 Å². The number of likely N-dealkylation sites (tertiary alicyclic amines) is 1. The summed E-state index contributed by atoms with van der Waals surface area (Å²) < 4.78 is 3.67. The fourth-order valence-electron chi connectivity index (χ4n) is 2.98. The van der Waals surface area contributed by atoms with E-state index in [0.717, 1.165) is 32.5 Å². The molecule has 2 aromatic rings. The van der Waals surface area contributed by atoms with Gasteiger partial charge in [-0.15, -0.1) is 5.10 Å². The van der Waals surface area contributed by atoms with Gasteiger partial charge in [0.25, 0.3) is 0 Å². The first-order valence-electron chi connectivity index (χ1n) is 7.41. The SMILES string of the molecule is Cc1cnn(CCN2CCCC(O)(Cn3ccnn3)C2)c1. The predicted octanol–water partition coefficient (Wildman–Crippen LogP) is 0.310. The fraction of sp³-hybridized carbons (Fsp3) is 0.643. The second kappa shape index (κ2) is 5.95. The van der Waals surface area contributed by atoms with Gasteiger partial charge in [-0.25, -0.2) is 4.68 Å². The van der Waals surface area contributed by atoms with Crippen molar-refractivity contribution in [2.75, 3.05) is 19.6 Å². The first-order valence-corrected chi connectivity index (χ1v) is 7.41. The molecule has 114 valence electrons. The number of rotatable bonds is 5. The highest BCUT2D eigenvalue weighted by Gasteiger charge is 2.33. The molecule has 0 radical (unpaired) electrons. The molecule has 1 N–H and O–H groups in total. The Bertz CT molecular complexity index is 566. The lowest BCUT2D eigenvalue weighted by Gasteiger charge is -2.39. The van der Waals surface area contributed by atoms with Gasteiger partial charge in [0.05, 0.1) is 31.1 Å². The van der Waals surface area contributed by atoms with Crippen LogP contribution in [0.15, 0.2) is 24.8 Å². The van der Waals surface area contributed by atoms with Crippen molar-refractivity contribution >= 4 is 0 Å². The lowest BCUT2D eigenvalue weighted by molar-refractivity contribution is -0.0463. The molecule has 1 atom stereocenters. The highest BCUT2D eigenvalue weighted by Crippen LogP contribution is 2.22. The van der Waals surface area contributed by atoms with Crippen LogP contribution in [0.5, 0.6) is 0 Å². The molecule has 1 fully saturated rings. The van der Waals surface area contributed by atoms with E-state index in [9.17, 15) is 5.11 Å². The van der Waals surface area contributed by atoms with Gasteiger partial charge in [0.2, 0.25) is 0 Å². The van der Waals surface area contributed by atoms with E-state index in [-0.39, 0.29) is 0 Å². The Kier molecular flexibility index (Phi) is 4.03. The number of hydrogen-bond donors (Lipinski definition) is 1. The van der Waals surface area contributed by atoms with E-state index in [1.165, 1.54) is 5.56 Å². The van der Waals surface area contributed by atoms with E-state index in [1.807, 2.05) is 24.0 Å². The van der Waals surface area contributed by atoms with Crippen LogP contribution in [0.25, 0.3) is 0 Å². The van der Waals surface area contributed by atoms with E-state index in [2.05, 4.69) is 20.3 Å². The maximum Gasteiger partial charge on any atom is 0.0969 e. The lowest BCUT2D eigenvalue weighted by Crippen LogP contribution is -2.51. The highest BCUT2D eigenvalue weighted by molar-refractivity contribution is 4.99. The number of piperidine rings is 1. The molecule has 1 unspecified atom stereocenters. The van der Waals surface area contributed by atoms with Crippen molar-refractivity contribution in [2.45, 2.75) is 38.5 Å². The molecule has 7 heteroatoms. The summed E-state index contributed by atoms with van der Waals surface area (Å²) in [7, 11) is 0. The third kappa shape index (κ3) is 3.68. The summed E-state index contributed by atoms with van der Waals surface area (Å²) in [5.41, 5.74) is 0.461. The Morgan fingerprint density at radius 2 is 2.24 bits per heavy atom. The van der Waals surface area contributed by atoms with Gasteiger partial charge in [-0.2, -0.15) is 5.10 Å². The highest BCUT2D eigenvalue weighted by atomic mass is 16.3. The number of aromatic nitrogens is 5. The van der Waals surface area contributed by atoms with E-state index < -0.39 is 5.60 Å². The van der Waals surface area contributed by atoms with Crippen LogP contribution in [0.1, 0.15) is 18.4 Å². The number of β-amino-alcohol motifs (C(OH)–C–C–N with tert-alkyl or cyclic N) is 1. The third-order valence-corrected chi connectivity index (χ3v) is 3.97. The summed E-state index contributed by atoms with van der Waals surface area (Å²) in [6.07, 6.45) is 9.17. The Labute approximate surface area is 124 Å². The van der Waals surface area contributed by atoms with Gasteiger partial charge in [-0.3, -0.25) is 9.58 Å². The van der Waals surface area contributed by atoms with Crippen molar-refractivity contribution in [2.24, 2.45) is 0 Å². The smallest absolute Gasteiger partial charge is 0.0969 e. The van der Waals surface area contributed by atoms with Crippen LogP contribution in [0.2, 0.25) is 0 Å². The lowest BCUT2D eigenvalue weighted by atomic mass is 9.93. The van der Waals surface area contributed by atoms with Crippen LogP contribution in [0.4, 0.5) is 0 Å². The molecular formula is C14H22N6O. The molecule has 3 heterocycles. The van der Waals surface area contributed by atoms with E-state index in [4.69, 9.17) is 0 Å². The molecule has 1 aliphatic rings. The van der Waals surface area contributed by atoms with Gasteiger partial charge < -0.3 is 5.11 Å². The Balaban J connectivity index is 1.55. The molecule has 0 amide bonds. The molecule has 0 spiro atoms. The summed E-state index contributed by atoms with van der Waals surface area (Å²) in [4.78, 5) is 2.30. The first kappa shape index (κ1) is 14.2. The summed E-state index contributed by atoms with van der Waals surface area (Å²) in [6.45, 7) is 6.01. The van der Waals surface area contributed by atoms with Gasteiger partial charge >= 0.3 is 0 Å². The Morgan fingerprint density at radius 3 is 2.95 bits per heavy atom. The zero-order chi connectivity index (χ0) is 14.7. The third-order valence-electron chi connectivity index (χ3n) is 3.97. The molecular weight excluding hydrogens is 268 g/mol. The van der Waals surface area contributed by atoms with Crippen molar-refractivity contribution in [3.8, 4) is 0 Å². The van der Waals surface area contributed by atoms with Gasteiger partial charge in [0.1, 0.15) is 0 Å². The molecule has 21 heavy (non-hydrogen) atoms. The monoisotopic (exact) mass is 290 g/mol. The van der Waals surface area contributed by atoms with Crippen molar-refractivity contribution in [3.05, 3.63) is 30.4 Å². The Morgan fingerprint density at radius 1 is 1.33 bits per heavy atom. The molecule has 3 rings (SSSR count). The molecule has 1 aliphatic heterocycles. The van der Waals surface area contributed by atoms with Crippen molar-refractivity contribution in [1.82, 2.24) is 29.7 Å². The van der Waals surface area contributed by atoms with Crippen LogP contribution >= 0.6 is 0 Å². The maximum atomic E-state index is 10.8. The molecule has 0 saturated carbocycles. The topological polar surface area (TPSA) is 72.0 Å². The van der Waals surface area contributed by atoms with Crippen LogP contribution in [-0.4, -0.2) is 60.0 Å². The van der Waals surface area contributed by atoms with Crippen LogP contribution < -0.4 is 0 Å². The Hall–Kier alpha value is -1.73. The van der Waals surface area contributed by atoms with Gasteiger partial charge in [-0.1, -0.05) is 5.21 Å². The normalized spacial score (nSPS) is 23.5. The quantitative estimate of drug-likeness (QED) is 0.858. The second-order valence-corrected chi connectivity index (χ2v) is 5.99. The van der Waals surface area contributed by atoms with Crippen molar-refractivity contribution < 1.29 is 5.11 Å². The zero-order valence-electron chi connectivity index (χ0n) is 12.4. The molecule has 2 aromatic heterocycles. The summed E-state index contributed by atoms with van der Waals surface area (Å²) in [5, 5.41) is 22.8. The summed E-state index contributed by atoms with van der Waals surface area (Å²) in [6, 6.07) is 0. The average molecular weight is 290 g/mol. The molecule has 7 nitrogen and oxygen atoms in total. The van der Waals surface area contributed by atoms with Crippen molar-refractivity contribution in [1.29, 1.82) is 0 Å². The maximum absolute atomic E-state index is 10.8. The average Bonchev–Trinajstić information content (AvgIpc) is 3.08. The van der Waals surface area contributed by atoms with Crippen molar-refractivity contribution in [3.63, 3.8) is 0 Å². The van der Waals surface area contributed by atoms with Gasteiger partial charge in [0, 0.05) is 25.5 Å². The van der Waals surface area contributed by atoms with E-state index in [0.29, 0.717) is 13.1 Å². The van der Waals surface area contributed by atoms with Gasteiger partial charge in [-0.05, 0) is 31.9 Å². The minimum absolute atomic E-state index is 0.504. The largest absolute Gasteiger partial charge is 0.387 e. The number of aryl methyl sites for hydroxylation is 1. The molecule has 0 aliphatic carbocycles. The number of aliphatic hydroxyl groups is 1. The number of hydrogen-bond acceptors (Lipinski definition) is 5.